The molecule has 0 amide bonds. The largest absolute Gasteiger partial charge is 0.496 e. The van der Waals surface area contributed by atoms with Gasteiger partial charge in [-0.3, -0.25) is 0 Å². The maximum Gasteiger partial charge on any atom is 0.224 e. The molecule has 0 spiro atoms. The number of halogens is 2. The monoisotopic (exact) mass is 387 g/mol. The van der Waals surface area contributed by atoms with Gasteiger partial charge in [-0.05, 0) is 50.9 Å². The molecule has 19 heavy (non-hydrogen) atoms. The average molecular weight is 389 g/mol. The predicted molar refractivity (Wildman–Crippen MR) is 79.6 cm³/mol. The van der Waals surface area contributed by atoms with Gasteiger partial charge in [-0.25, -0.2) is 4.98 Å². The number of nitrogens with zero attached hydrogens (tertiary/aromatic N) is 2. The van der Waals surface area contributed by atoms with Crippen molar-refractivity contribution in [2.24, 2.45) is 0 Å². The summed E-state index contributed by atoms with van der Waals surface area (Å²) >= 11 is 6.82. The van der Waals surface area contributed by atoms with E-state index in [1.54, 1.807) is 32.2 Å². The molecule has 0 atom stereocenters. The molecule has 0 fully saturated rings. The van der Waals surface area contributed by atoms with E-state index < -0.39 is 0 Å². The summed E-state index contributed by atoms with van der Waals surface area (Å²) in [6, 6.07) is 5.16. The Balaban J connectivity index is 2.35. The van der Waals surface area contributed by atoms with Crippen LogP contribution in [0.2, 0.25) is 0 Å². The number of hydrogen-bond donors (Lipinski definition) is 1. The summed E-state index contributed by atoms with van der Waals surface area (Å²) < 4.78 is 12.4. The highest BCUT2D eigenvalue weighted by molar-refractivity contribution is 9.11. The molecule has 0 bridgehead atoms. The zero-order chi connectivity index (χ0) is 14.0. The highest BCUT2D eigenvalue weighted by Gasteiger charge is 2.10. The molecule has 1 heterocycles. The predicted octanol–water partition coefficient (Wildman–Crippen LogP) is 3.69. The third kappa shape index (κ3) is 3.36. The third-order valence-electron chi connectivity index (χ3n) is 2.26. The van der Waals surface area contributed by atoms with Crippen molar-refractivity contribution in [2.45, 2.75) is 6.92 Å². The van der Waals surface area contributed by atoms with E-state index in [1.807, 2.05) is 0 Å². The van der Waals surface area contributed by atoms with Crippen LogP contribution in [0, 0.1) is 6.92 Å². The molecule has 0 aliphatic carbocycles. The summed E-state index contributed by atoms with van der Waals surface area (Å²) in [7, 11) is 1.60. The van der Waals surface area contributed by atoms with Gasteiger partial charge < -0.3 is 15.2 Å². The number of methoxy groups -OCH3 is 1. The molecule has 0 radical (unpaired) electrons. The van der Waals surface area contributed by atoms with Gasteiger partial charge in [0.15, 0.2) is 0 Å². The van der Waals surface area contributed by atoms with Crippen LogP contribution in [0.15, 0.2) is 27.1 Å². The summed E-state index contributed by atoms with van der Waals surface area (Å²) in [5.74, 6) is 2.62. The van der Waals surface area contributed by atoms with Gasteiger partial charge in [0.2, 0.25) is 5.88 Å². The molecular weight excluding hydrogens is 378 g/mol. The third-order valence-corrected chi connectivity index (χ3v) is 3.49. The Hall–Kier alpha value is -1.34. The van der Waals surface area contributed by atoms with Gasteiger partial charge in [0, 0.05) is 6.07 Å². The van der Waals surface area contributed by atoms with Gasteiger partial charge in [-0.2, -0.15) is 4.98 Å². The van der Waals surface area contributed by atoms with E-state index in [9.17, 15) is 0 Å². The van der Waals surface area contributed by atoms with E-state index in [0.29, 0.717) is 29.0 Å². The zero-order valence-electron chi connectivity index (χ0n) is 10.3. The number of aryl methyl sites for hydroxylation is 1. The lowest BCUT2D eigenvalue weighted by molar-refractivity contribution is 0.408. The minimum Gasteiger partial charge on any atom is -0.496 e. The summed E-state index contributed by atoms with van der Waals surface area (Å²) in [4.78, 5) is 8.15. The van der Waals surface area contributed by atoms with Crippen LogP contribution in [0.3, 0.4) is 0 Å². The Labute approximate surface area is 127 Å². The molecule has 2 rings (SSSR count). The van der Waals surface area contributed by atoms with Gasteiger partial charge >= 0.3 is 0 Å². The summed E-state index contributed by atoms with van der Waals surface area (Å²) in [6.07, 6.45) is 0. The van der Waals surface area contributed by atoms with Crippen molar-refractivity contribution < 1.29 is 9.47 Å². The SMILES string of the molecule is COc1cc(Br)c(Oc2cc(N)nc(C)n2)cc1Br. The first-order chi connectivity index (χ1) is 8.99. The molecule has 2 N–H and O–H groups in total. The first-order valence-electron chi connectivity index (χ1n) is 5.31. The maximum absolute atomic E-state index is 5.69. The number of benzene rings is 1. The van der Waals surface area contributed by atoms with Crippen molar-refractivity contribution >= 4 is 37.7 Å². The van der Waals surface area contributed by atoms with E-state index in [2.05, 4.69) is 41.8 Å². The Bertz CT molecular complexity index is 600. The van der Waals surface area contributed by atoms with E-state index in [0.717, 1.165) is 8.95 Å². The minimum absolute atomic E-state index is 0.367. The lowest BCUT2D eigenvalue weighted by Gasteiger charge is -2.10. The van der Waals surface area contributed by atoms with Crippen LogP contribution in [0.1, 0.15) is 5.82 Å². The second-order valence-electron chi connectivity index (χ2n) is 3.70. The molecule has 7 heteroatoms. The highest BCUT2D eigenvalue weighted by atomic mass is 79.9. The highest BCUT2D eigenvalue weighted by Crippen LogP contribution is 2.37. The maximum atomic E-state index is 5.69. The van der Waals surface area contributed by atoms with Crippen molar-refractivity contribution in [3.8, 4) is 17.4 Å². The van der Waals surface area contributed by atoms with Crippen LogP contribution in [0.4, 0.5) is 5.82 Å². The smallest absolute Gasteiger partial charge is 0.224 e. The van der Waals surface area contributed by atoms with Gasteiger partial charge in [0.25, 0.3) is 0 Å². The van der Waals surface area contributed by atoms with Gasteiger partial charge in [-0.1, -0.05) is 0 Å². The lowest BCUT2D eigenvalue weighted by Crippen LogP contribution is -1.98. The first kappa shape index (κ1) is 14.1. The Kier molecular flexibility index (Phi) is 4.26. The fraction of sp³-hybridized carbons (Fsp3) is 0.167. The molecule has 0 aliphatic rings. The van der Waals surface area contributed by atoms with Gasteiger partial charge in [0.05, 0.1) is 16.1 Å². The van der Waals surface area contributed by atoms with Crippen molar-refractivity contribution in [1.82, 2.24) is 9.97 Å². The number of hydrogen-bond acceptors (Lipinski definition) is 5. The van der Waals surface area contributed by atoms with Crippen LogP contribution in [-0.4, -0.2) is 17.1 Å². The number of nitrogen functional groups attached to an aromatic ring is 1. The quantitative estimate of drug-likeness (QED) is 0.868. The van der Waals surface area contributed by atoms with E-state index in [1.165, 1.54) is 0 Å². The molecular formula is C12H11Br2N3O2. The second kappa shape index (κ2) is 5.75. The van der Waals surface area contributed by atoms with Crippen LogP contribution < -0.4 is 15.2 Å². The molecule has 2 aromatic rings. The Morgan fingerprint density at radius 3 is 2.32 bits per heavy atom. The topological polar surface area (TPSA) is 70.3 Å². The van der Waals surface area contributed by atoms with Crippen molar-refractivity contribution in [2.75, 3.05) is 12.8 Å². The molecule has 1 aromatic heterocycles. The Morgan fingerprint density at radius 2 is 1.68 bits per heavy atom. The molecule has 0 saturated carbocycles. The molecule has 5 nitrogen and oxygen atoms in total. The van der Waals surface area contributed by atoms with Crippen LogP contribution in [0.5, 0.6) is 17.4 Å². The van der Waals surface area contributed by atoms with Gasteiger partial charge in [-0.15, -0.1) is 0 Å². The summed E-state index contributed by atoms with van der Waals surface area (Å²) in [6.45, 7) is 1.75. The van der Waals surface area contributed by atoms with Crippen molar-refractivity contribution in [1.29, 1.82) is 0 Å². The second-order valence-corrected chi connectivity index (χ2v) is 5.41. The zero-order valence-corrected chi connectivity index (χ0v) is 13.4. The number of aromatic nitrogens is 2. The van der Waals surface area contributed by atoms with E-state index in [-0.39, 0.29) is 0 Å². The number of rotatable bonds is 3. The fourth-order valence-corrected chi connectivity index (χ4v) is 2.36. The number of nitrogens with two attached hydrogens (primary N) is 1. The minimum atomic E-state index is 0.367. The van der Waals surface area contributed by atoms with Crippen LogP contribution in [-0.2, 0) is 0 Å². The van der Waals surface area contributed by atoms with Crippen molar-refractivity contribution in [3.63, 3.8) is 0 Å². The molecule has 0 saturated heterocycles. The fourth-order valence-electron chi connectivity index (χ4n) is 1.47. The number of ether oxygens (including phenoxy) is 2. The van der Waals surface area contributed by atoms with Gasteiger partial charge in [0.1, 0.15) is 23.1 Å². The number of anilines is 1. The Morgan fingerprint density at radius 1 is 1.05 bits per heavy atom. The first-order valence-corrected chi connectivity index (χ1v) is 6.90. The van der Waals surface area contributed by atoms with E-state index >= 15 is 0 Å². The summed E-state index contributed by atoms with van der Waals surface area (Å²) in [5, 5.41) is 0. The molecule has 1 aromatic carbocycles. The molecule has 0 unspecified atom stereocenters. The van der Waals surface area contributed by atoms with Crippen molar-refractivity contribution in [3.05, 3.63) is 33.0 Å². The molecule has 0 aliphatic heterocycles. The average Bonchev–Trinajstić information content (AvgIpc) is 2.32. The van der Waals surface area contributed by atoms with Crippen LogP contribution in [0.25, 0.3) is 0 Å². The normalized spacial score (nSPS) is 10.3. The van der Waals surface area contributed by atoms with E-state index in [4.69, 9.17) is 15.2 Å². The standard InChI is InChI=1S/C12H11Br2N3O2/c1-6-16-11(15)5-12(17-6)19-10-4-7(13)9(18-2)3-8(10)14/h3-5H,1-2H3,(H2,15,16,17). The summed E-state index contributed by atoms with van der Waals surface area (Å²) in [5.41, 5.74) is 5.65. The molecule has 100 valence electrons. The lowest BCUT2D eigenvalue weighted by atomic mass is 10.3. The van der Waals surface area contributed by atoms with Crippen LogP contribution >= 0.6 is 31.9 Å².